The Hall–Kier alpha value is -1.82. The topological polar surface area (TPSA) is 87.4 Å². The quantitative estimate of drug-likeness (QED) is 0.441. The van der Waals surface area contributed by atoms with Crippen LogP contribution in [0.1, 0.15) is 39.0 Å². The predicted octanol–water partition coefficient (Wildman–Crippen LogP) is 3.13. The Bertz CT molecular complexity index is 493. The van der Waals surface area contributed by atoms with E-state index in [0.29, 0.717) is 17.9 Å². The third-order valence-corrected chi connectivity index (χ3v) is 3.91. The second-order valence-electron chi connectivity index (χ2n) is 5.45. The molecule has 0 aromatic heterocycles. The smallest absolute Gasteiger partial charge is 0.315 e. The minimum absolute atomic E-state index is 0.0517. The van der Waals surface area contributed by atoms with Crippen LogP contribution in [0.5, 0.6) is 0 Å². The molecule has 1 aromatic rings. The molecule has 3 N–H and O–H groups in total. The molecule has 0 saturated heterocycles. The van der Waals surface area contributed by atoms with E-state index in [2.05, 4.69) is 10.6 Å². The summed E-state index contributed by atoms with van der Waals surface area (Å²) >= 11 is 0. The molecule has 1 fully saturated rings. The first-order valence-electron chi connectivity index (χ1n) is 7.59. The van der Waals surface area contributed by atoms with Crippen molar-refractivity contribution in [2.75, 3.05) is 17.2 Å². The molecular weight excluding hydrogens is 270 g/mol. The molecule has 1 aliphatic rings. The van der Waals surface area contributed by atoms with E-state index in [1.165, 1.54) is 0 Å². The van der Waals surface area contributed by atoms with E-state index >= 15 is 0 Å². The van der Waals surface area contributed by atoms with Crippen molar-refractivity contribution in [1.29, 1.82) is 0 Å². The van der Waals surface area contributed by atoms with Crippen molar-refractivity contribution in [3.05, 3.63) is 28.3 Å². The standard InChI is InChI=1S/C15H23N3O3/c1-2-16-12-8-6-9-13(15(12)18(20)21)17-11-7-4-3-5-10-14(11)19/h6,8-9,11,14,16-17,19H,2-5,7,10H2,1H3. The summed E-state index contributed by atoms with van der Waals surface area (Å²) in [5, 5.41) is 27.7. The lowest BCUT2D eigenvalue weighted by molar-refractivity contribution is -0.383. The van der Waals surface area contributed by atoms with Gasteiger partial charge in [-0.2, -0.15) is 0 Å². The van der Waals surface area contributed by atoms with E-state index in [1.807, 2.05) is 6.92 Å². The van der Waals surface area contributed by atoms with Gasteiger partial charge in [0, 0.05) is 6.54 Å². The molecule has 1 aromatic carbocycles. The summed E-state index contributed by atoms with van der Waals surface area (Å²) in [4.78, 5) is 11.0. The van der Waals surface area contributed by atoms with E-state index in [4.69, 9.17) is 0 Å². The molecule has 6 nitrogen and oxygen atoms in total. The van der Waals surface area contributed by atoms with Gasteiger partial charge in [0.05, 0.1) is 17.1 Å². The first-order chi connectivity index (χ1) is 10.1. The van der Waals surface area contributed by atoms with Gasteiger partial charge < -0.3 is 15.7 Å². The zero-order valence-electron chi connectivity index (χ0n) is 12.3. The van der Waals surface area contributed by atoms with Crippen LogP contribution in [0.3, 0.4) is 0 Å². The first kappa shape index (κ1) is 15.6. The van der Waals surface area contributed by atoms with Crippen LogP contribution < -0.4 is 10.6 Å². The summed E-state index contributed by atoms with van der Waals surface area (Å²) in [6.07, 6.45) is 4.29. The SMILES string of the molecule is CCNc1cccc(NC2CCCCCC2O)c1[N+](=O)[O-]. The number of benzene rings is 1. The Balaban J connectivity index is 2.25. The monoisotopic (exact) mass is 293 g/mol. The van der Waals surface area contributed by atoms with Crippen molar-refractivity contribution in [3.8, 4) is 0 Å². The van der Waals surface area contributed by atoms with Crippen molar-refractivity contribution >= 4 is 17.1 Å². The van der Waals surface area contributed by atoms with Crippen molar-refractivity contribution in [1.82, 2.24) is 0 Å². The zero-order chi connectivity index (χ0) is 15.2. The molecule has 1 aliphatic carbocycles. The molecule has 0 spiro atoms. The maximum Gasteiger partial charge on any atom is 0.315 e. The summed E-state index contributed by atoms with van der Waals surface area (Å²) in [5.41, 5.74) is 1.04. The number of para-hydroxylation sites is 1. The van der Waals surface area contributed by atoms with Gasteiger partial charge >= 0.3 is 5.69 Å². The molecule has 1 saturated carbocycles. The zero-order valence-corrected chi connectivity index (χ0v) is 12.3. The lowest BCUT2D eigenvalue weighted by Gasteiger charge is -2.23. The van der Waals surface area contributed by atoms with Crippen LogP contribution in [-0.2, 0) is 0 Å². The van der Waals surface area contributed by atoms with E-state index < -0.39 is 6.10 Å². The molecule has 0 bridgehead atoms. The molecule has 2 rings (SSSR count). The van der Waals surface area contributed by atoms with Crippen LogP contribution >= 0.6 is 0 Å². The minimum Gasteiger partial charge on any atom is -0.391 e. The Kier molecular flexibility index (Phi) is 5.38. The Morgan fingerprint density at radius 1 is 1.29 bits per heavy atom. The van der Waals surface area contributed by atoms with Crippen molar-refractivity contribution in [2.24, 2.45) is 0 Å². The summed E-state index contributed by atoms with van der Waals surface area (Å²) in [6.45, 7) is 2.52. The van der Waals surface area contributed by atoms with Gasteiger partial charge in [-0.3, -0.25) is 10.1 Å². The highest BCUT2D eigenvalue weighted by Crippen LogP contribution is 2.34. The molecule has 0 heterocycles. The van der Waals surface area contributed by atoms with Gasteiger partial charge in [-0.05, 0) is 31.9 Å². The predicted molar refractivity (Wildman–Crippen MR) is 83.8 cm³/mol. The lowest BCUT2D eigenvalue weighted by Crippen LogP contribution is -2.32. The molecule has 0 amide bonds. The summed E-state index contributed by atoms with van der Waals surface area (Å²) < 4.78 is 0. The molecule has 0 aliphatic heterocycles. The average Bonchev–Trinajstić information content (AvgIpc) is 2.64. The number of nitro benzene ring substituents is 1. The van der Waals surface area contributed by atoms with Crippen molar-refractivity contribution in [3.63, 3.8) is 0 Å². The highest BCUT2D eigenvalue weighted by molar-refractivity contribution is 5.76. The van der Waals surface area contributed by atoms with E-state index in [-0.39, 0.29) is 16.7 Å². The van der Waals surface area contributed by atoms with Crippen molar-refractivity contribution < 1.29 is 10.0 Å². The molecular formula is C15H23N3O3. The van der Waals surface area contributed by atoms with E-state index in [0.717, 1.165) is 32.1 Å². The van der Waals surface area contributed by atoms with E-state index in [1.54, 1.807) is 18.2 Å². The molecule has 6 heteroatoms. The van der Waals surface area contributed by atoms with Gasteiger partial charge in [-0.1, -0.05) is 25.3 Å². The molecule has 2 atom stereocenters. The molecule has 21 heavy (non-hydrogen) atoms. The van der Waals surface area contributed by atoms with Crippen LogP contribution in [0.4, 0.5) is 17.1 Å². The van der Waals surface area contributed by atoms with Gasteiger partial charge in [-0.25, -0.2) is 0 Å². The van der Waals surface area contributed by atoms with Crippen molar-refractivity contribution in [2.45, 2.75) is 51.2 Å². The largest absolute Gasteiger partial charge is 0.391 e. The van der Waals surface area contributed by atoms with Gasteiger partial charge in [0.25, 0.3) is 0 Å². The van der Waals surface area contributed by atoms with Gasteiger partial charge in [-0.15, -0.1) is 0 Å². The Labute approximate surface area is 124 Å². The Morgan fingerprint density at radius 2 is 2.00 bits per heavy atom. The van der Waals surface area contributed by atoms with Gasteiger partial charge in [0.2, 0.25) is 0 Å². The number of hydrogen-bond acceptors (Lipinski definition) is 5. The van der Waals surface area contributed by atoms with Crippen LogP contribution in [0.25, 0.3) is 0 Å². The number of anilines is 2. The molecule has 116 valence electrons. The third kappa shape index (κ3) is 3.85. The number of nitro groups is 1. The molecule has 0 radical (unpaired) electrons. The number of rotatable bonds is 5. The number of nitrogens with one attached hydrogen (secondary N) is 2. The molecule has 2 unspecified atom stereocenters. The second-order valence-corrected chi connectivity index (χ2v) is 5.45. The fourth-order valence-electron chi connectivity index (χ4n) is 2.85. The highest BCUT2D eigenvalue weighted by atomic mass is 16.6. The fraction of sp³-hybridized carbons (Fsp3) is 0.600. The van der Waals surface area contributed by atoms with Crippen LogP contribution in [-0.4, -0.2) is 28.7 Å². The average molecular weight is 293 g/mol. The third-order valence-electron chi connectivity index (χ3n) is 3.91. The summed E-state index contributed by atoms with van der Waals surface area (Å²) in [7, 11) is 0. The Morgan fingerprint density at radius 3 is 2.71 bits per heavy atom. The van der Waals surface area contributed by atoms with E-state index in [9.17, 15) is 15.2 Å². The summed E-state index contributed by atoms with van der Waals surface area (Å²) in [5.74, 6) is 0. The van der Waals surface area contributed by atoms with Gasteiger partial charge in [0.15, 0.2) is 0 Å². The number of hydrogen-bond donors (Lipinski definition) is 3. The van der Waals surface area contributed by atoms with Crippen LogP contribution in [0.15, 0.2) is 18.2 Å². The first-order valence-corrected chi connectivity index (χ1v) is 7.59. The fourth-order valence-corrected chi connectivity index (χ4v) is 2.85. The lowest BCUT2D eigenvalue weighted by atomic mass is 10.1. The maximum absolute atomic E-state index is 11.4. The maximum atomic E-state index is 11.4. The van der Waals surface area contributed by atoms with Crippen LogP contribution in [0.2, 0.25) is 0 Å². The second kappa shape index (κ2) is 7.26. The van der Waals surface area contributed by atoms with Gasteiger partial charge in [0.1, 0.15) is 11.4 Å². The number of aliphatic hydroxyl groups excluding tert-OH is 1. The highest BCUT2D eigenvalue weighted by Gasteiger charge is 2.26. The minimum atomic E-state index is -0.449. The van der Waals surface area contributed by atoms with Crippen LogP contribution in [0, 0.1) is 10.1 Å². The normalized spacial score (nSPS) is 22.4. The summed E-state index contributed by atoms with van der Waals surface area (Å²) in [6, 6.07) is 5.08. The number of aliphatic hydroxyl groups is 1. The number of nitrogens with zero attached hydrogens (tertiary/aromatic N) is 1.